The fourth-order valence-corrected chi connectivity index (χ4v) is 4.11. The maximum Gasteiger partial charge on any atom is 0.278 e. The molecular formula is C15H16N2O3S. The van der Waals surface area contributed by atoms with Gasteiger partial charge in [-0.2, -0.15) is 0 Å². The van der Waals surface area contributed by atoms with Gasteiger partial charge in [-0.3, -0.25) is 0 Å². The fourth-order valence-electron chi connectivity index (χ4n) is 2.38. The van der Waals surface area contributed by atoms with E-state index in [1.165, 1.54) is 4.31 Å². The van der Waals surface area contributed by atoms with E-state index in [0.717, 1.165) is 0 Å². The van der Waals surface area contributed by atoms with Crippen molar-refractivity contribution in [3.05, 3.63) is 54.6 Å². The number of nitrogens with two attached hydrogens (primary N) is 1. The number of hydrogen-bond acceptors (Lipinski definition) is 4. The summed E-state index contributed by atoms with van der Waals surface area (Å²) in [5.74, 6) is 0.551. The zero-order valence-corrected chi connectivity index (χ0v) is 12.2. The van der Waals surface area contributed by atoms with Gasteiger partial charge in [0.1, 0.15) is 5.75 Å². The summed E-state index contributed by atoms with van der Waals surface area (Å²) < 4.78 is 32.6. The molecule has 0 saturated carbocycles. The summed E-state index contributed by atoms with van der Waals surface area (Å²) >= 11 is 0. The normalized spacial score (nSPS) is 19.7. The lowest BCUT2D eigenvalue weighted by molar-refractivity contribution is 0.261. The third-order valence-electron chi connectivity index (χ3n) is 3.32. The third-order valence-corrected chi connectivity index (χ3v) is 5.24. The maximum atomic E-state index is 12.8. The van der Waals surface area contributed by atoms with Crippen molar-refractivity contribution in [1.29, 1.82) is 0 Å². The molecule has 110 valence electrons. The predicted octanol–water partition coefficient (Wildman–Crippen LogP) is 2.22. The average Bonchev–Trinajstić information content (AvgIpc) is 2.49. The number of rotatable bonds is 3. The number of hydrogen-bond donors (Lipinski definition) is 1. The lowest BCUT2D eigenvalue weighted by Crippen LogP contribution is -2.43. The molecule has 0 bridgehead atoms. The van der Waals surface area contributed by atoms with Crippen LogP contribution in [0.2, 0.25) is 0 Å². The molecule has 2 aromatic carbocycles. The van der Waals surface area contributed by atoms with Crippen molar-refractivity contribution in [2.45, 2.75) is 11.9 Å². The highest BCUT2D eigenvalue weighted by atomic mass is 32.2. The quantitative estimate of drug-likeness (QED) is 0.943. The van der Waals surface area contributed by atoms with E-state index in [4.69, 9.17) is 10.5 Å². The molecule has 0 amide bonds. The Kier molecular flexibility index (Phi) is 3.57. The molecule has 0 aromatic heterocycles. The first kappa shape index (κ1) is 13.9. The zero-order valence-electron chi connectivity index (χ0n) is 11.3. The van der Waals surface area contributed by atoms with Crippen molar-refractivity contribution in [3.8, 4) is 5.75 Å². The Bertz CT molecular complexity index is 732. The zero-order chi connectivity index (χ0) is 14.9. The first-order valence-electron chi connectivity index (χ1n) is 6.69. The predicted molar refractivity (Wildman–Crippen MR) is 82.0 cm³/mol. The summed E-state index contributed by atoms with van der Waals surface area (Å²) in [6, 6.07) is 16.1. The van der Waals surface area contributed by atoms with Gasteiger partial charge in [-0.05, 0) is 30.8 Å². The Labute approximate surface area is 124 Å². The Hall–Kier alpha value is -2.05. The summed E-state index contributed by atoms with van der Waals surface area (Å²) in [5.41, 5.74) is 5.68. The lowest BCUT2D eigenvalue weighted by atomic mass is 10.2. The summed E-state index contributed by atoms with van der Waals surface area (Å²) in [5, 5.41) is 0. The molecule has 3 rings (SSSR count). The summed E-state index contributed by atoms with van der Waals surface area (Å²) in [6.07, 6.45) is 0.250. The molecule has 0 spiro atoms. The van der Waals surface area contributed by atoms with Crippen LogP contribution in [-0.2, 0) is 10.0 Å². The summed E-state index contributed by atoms with van der Waals surface area (Å²) in [4.78, 5) is 0. The highest BCUT2D eigenvalue weighted by Gasteiger charge is 2.40. The van der Waals surface area contributed by atoms with Crippen LogP contribution in [0.1, 0.15) is 6.42 Å². The molecule has 0 aliphatic carbocycles. The van der Waals surface area contributed by atoms with Gasteiger partial charge in [0.15, 0.2) is 0 Å². The van der Waals surface area contributed by atoms with Crippen LogP contribution in [0.25, 0.3) is 0 Å². The Morgan fingerprint density at radius 3 is 2.43 bits per heavy atom. The molecule has 1 aliphatic heterocycles. The van der Waals surface area contributed by atoms with Crippen LogP contribution in [0.15, 0.2) is 54.6 Å². The Balaban J connectivity index is 2.19. The smallest absolute Gasteiger partial charge is 0.278 e. The Morgan fingerprint density at radius 1 is 1.05 bits per heavy atom. The molecule has 1 heterocycles. The van der Waals surface area contributed by atoms with E-state index in [9.17, 15) is 8.42 Å². The largest absolute Gasteiger partial charge is 0.470 e. The molecule has 1 atom stereocenters. The average molecular weight is 304 g/mol. The van der Waals surface area contributed by atoms with Gasteiger partial charge in [0.05, 0.1) is 11.4 Å². The second-order valence-corrected chi connectivity index (χ2v) is 6.66. The van der Waals surface area contributed by atoms with Crippen molar-refractivity contribution in [2.24, 2.45) is 5.73 Å². The molecule has 0 unspecified atom stereocenters. The molecular weight excluding hydrogens is 288 g/mol. The first-order chi connectivity index (χ1) is 10.1. The minimum atomic E-state index is -3.66. The molecule has 1 aliphatic rings. The van der Waals surface area contributed by atoms with Gasteiger partial charge in [0.25, 0.3) is 10.0 Å². The van der Waals surface area contributed by atoms with Crippen LogP contribution in [-0.4, -0.2) is 20.4 Å². The second kappa shape index (κ2) is 5.38. The van der Waals surface area contributed by atoms with E-state index in [1.807, 2.05) is 12.1 Å². The van der Waals surface area contributed by atoms with Gasteiger partial charge in [-0.1, -0.05) is 30.3 Å². The molecule has 0 radical (unpaired) electrons. The van der Waals surface area contributed by atoms with Crippen molar-refractivity contribution < 1.29 is 13.2 Å². The number of sulfonamides is 1. The standard InChI is InChI=1S/C15H16N2O3S/c16-11-10-15-20-14-9-5-4-8-13(14)17(21(15,18)19)12-6-2-1-3-7-12/h1-9,15H,10-11,16H2/t15-/m1/s1. The fraction of sp³-hybridized carbons (Fsp3) is 0.200. The molecule has 2 N–H and O–H groups in total. The van der Waals surface area contributed by atoms with Gasteiger partial charge in [0.2, 0.25) is 5.44 Å². The van der Waals surface area contributed by atoms with Gasteiger partial charge >= 0.3 is 0 Å². The highest BCUT2D eigenvalue weighted by Crippen LogP contribution is 2.42. The summed E-state index contributed by atoms with van der Waals surface area (Å²) in [6.45, 7) is 0.245. The molecule has 0 saturated heterocycles. The maximum absolute atomic E-state index is 12.8. The van der Waals surface area contributed by atoms with Gasteiger partial charge in [-0.25, -0.2) is 12.7 Å². The number of fused-ring (bicyclic) bond motifs is 1. The van der Waals surface area contributed by atoms with Crippen LogP contribution < -0.4 is 14.8 Å². The van der Waals surface area contributed by atoms with Gasteiger partial charge in [0, 0.05) is 6.42 Å². The molecule has 21 heavy (non-hydrogen) atoms. The lowest BCUT2D eigenvalue weighted by Gasteiger charge is -2.35. The van der Waals surface area contributed by atoms with E-state index in [-0.39, 0.29) is 13.0 Å². The molecule has 6 heteroatoms. The molecule has 2 aromatic rings. The van der Waals surface area contributed by atoms with Crippen molar-refractivity contribution in [3.63, 3.8) is 0 Å². The van der Waals surface area contributed by atoms with Crippen LogP contribution >= 0.6 is 0 Å². The number of benzene rings is 2. The van der Waals surface area contributed by atoms with Gasteiger partial charge in [-0.15, -0.1) is 0 Å². The van der Waals surface area contributed by atoms with Crippen LogP contribution in [0.3, 0.4) is 0 Å². The second-order valence-electron chi connectivity index (χ2n) is 4.74. The number of ether oxygens (including phenoxy) is 1. The minimum absolute atomic E-state index is 0.245. The van der Waals surface area contributed by atoms with E-state index in [2.05, 4.69) is 0 Å². The van der Waals surface area contributed by atoms with Crippen molar-refractivity contribution >= 4 is 21.4 Å². The minimum Gasteiger partial charge on any atom is -0.470 e. The van der Waals surface area contributed by atoms with Crippen LogP contribution in [0, 0.1) is 0 Å². The molecule has 0 fully saturated rings. The third kappa shape index (κ3) is 2.36. The van der Waals surface area contributed by atoms with Crippen LogP contribution in [0.5, 0.6) is 5.75 Å². The van der Waals surface area contributed by atoms with E-state index in [1.54, 1.807) is 42.5 Å². The number of anilines is 2. The SMILES string of the molecule is NCC[C@@H]1Oc2ccccc2N(c2ccccc2)S1(=O)=O. The number of para-hydroxylation sites is 3. The molecule has 5 nitrogen and oxygen atoms in total. The van der Waals surface area contributed by atoms with Crippen molar-refractivity contribution in [2.75, 3.05) is 10.8 Å². The number of nitrogens with zero attached hydrogens (tertiary/aromatic N) is 1. The van der Waals surface area contributed by atoms with Crippen LogP contribution in [0.4, 0.5) is 11.4 Å². The van der Waals surface area contributed by atoms with E-state index >= 15 is 0 Å². The first-order valence-corrected chi connectivity index (χ1v) is 8.20. The van der Waals surface area contributed by atoms with E-state index in [0.29, 0.717) is 17.1 Å². The van der Waals surface area contributed by atoms with Crippen molar-refractivity contribution in [1.82, 2.24) is 0 Å². The summed E-state index contributed by atoms with van der Waals surface area (Å²) in [7, 11) is -3.66. The van der Waals surface area contributed by atoms with E-state index < -0.39 is 15.5 Å². The topological polar surface area (TPSA) is 72.6 Å². The Morgan fingerprint density at radius 2 is 1.71 bits per heavy atom. The van der Waals surface area contributed by atoms with Gasteiger partial charge < -0.3 is 10.5 Å². The monoisotopic (exact) mass is 304 g/mol. The highest BCUT2D eigenvalue weighted by molar-refractivity contribution is 7.93.